The number of urea groups is 1. The second kappa shape index (κ2) is 12.9. The Hall–Kier alpha value is -4.72. The highest BCUT2D eigenvalue weighted by atomic mass is 32.2. The summed E-state index contributed by atoms with van der Waals surface area (Å²) in [6.45, 7) is 8.54. The molecule has 2 saturated heterocycles. The summed E-state index contributed by atoms with van der Waals surface area (Å²) < 4.78 is 27.4. The summed E-state index contributed by atoms with van der Waals surface area (Å²) in [5.41, 5.74) is 2.99. The fourth-order valence-electron chi connectivity index (χ4n) is 7.14. The molecule has 264 valence electrons. The highest BCUT2D eigenvalue weighted by molar-refractivity contribution is 7.91. The van der Waals surface area contributed by atoms with Gasteiger partial charge in [-0.05, 0) is 42.7 Å². The molecular formula is C36H42N6O7S. The van der Waals surface area contributed by atoms with Crippen molar-refractivity contribution in [1.82, 2.24) is 25.2 Å². The zero-order valence-electron chi connectivity index (χ0n) is 28.1. The number of carbonyl (C=O) groups is 4. The zero-order chi connectivity index (χ0) is 35.4. The molecule has 2 aromatic carbocycles. The van der Waals surface area contributed by atoms with Gasteiger partial charge in [0.1, 0.15) is 29.4 Å². The first-order valence-corrected chi connectivity index (χ1v) is 18.8. The van der Waals surface area contributed by atoms with E-state index in [0.717, 1.165) is 28.7 Å². The van der Waals surface area contributed by atoms with Crippen molar-refractivity contribution in [1.29, 1.82) is 0 Å². The average Bonchev–Trinajstić information content (AvgIpc) is 3.97. The SMILES string of the molecule is C=C[C@@H]1C[C@]1(NC(=O)[C@@H]1C[C@@H](ON=C2c3ccccc3-c3ccccc32)CN1C(=O)[C@@H]1CN(CCC(C)C)C(=O)N1)C(=O)NS(=O)(=O)C1CC1. The molecule has 5 atom stereocenters. The van der Waals surface area contributed by atoms with Crippen LogP contribution in [-0.2, 0) is 29.2 Å². The lowest BCUT2D eigenvalue weighted by atomic mass is 10.1. The third kappa shape index (κ3) is 6.25. The van der Waals surface area contributed by atoms with Crippen molar-refractivity contribution in [3.63, 3.8) is 0 Å². The van der Waals surface area contributed by atoms with Gasteiger partial charge in [0, 0.05) is 30.0 Å². The fourth-order valence-corrected chi connectivity index (χ4v) is 8.50. The average molecular weight is 703 g/mol. The number of benzene rings is 2. The lowest BCUT2D eigenvalue weighted by Gasteiger charge is -2.28. The van der Waals surface area contributed by atoms with E-state index in [1.165, 1.54) is 11.0 Å². The van der Waals surface area contributed by atoms with E-state index in [-0.39, 0.29) is 32.0 Å². The van der Waals surface area contributed by atoms with E-state index in [1.807, 2.05) is 48.5 Å². The van der Waals surface area contributed by atoms with E-state index < -0.39 is 62.6 Å². The summed E-state index contributed by atoms with van der Waals surface area (Å²) in [4.78, 5) is 63.4. The van der Waals surface area contributed by atoms with Crippen LogP contribution in [0, 0.1) is 11.8 Å². The maximum Gasteiger partial charge on any atom is 0.318 e. The predicted molar refractivity (Wildman–Crippen MR) is 185 cm³/mol. The summed E-state index contributed by atoms with van der Waals surface area (Å²) >= 11 is 0. The third-order valence-corrected chi connectivity index (χ3v) is 12.1. The number of likely N-dealkylation sites (tertiary alicyclic amines) is 1. The van der Waals surface area contributed by atoms with Crippen molar-refractivity contribution in [2.75, 3.05) is 19.6 Å². The van der Waals surface area contributed by atoms with Crippen LogP contribution in [0.4, 0.5) is 4.79 Å². The Balaban J connectivity index is 1.13. The minimum Gasteiger partial charge on any atom is -0.390 e. The number of fused-ring (bicyclic) bond motifs is 3. The molecule has 13 nitrogen and oxygen atoms in total. The molecule has 5 aliphatic rings. The minimum atomic E-state index is -3.87. The number of sulfonamides is 1. The fraction of sp³-hybridized carbons (Fsp3) is 0.472. The van der Waals surface area contributed by atoms with Crippen molar-refractivity contribution in [3.8, 4) is 11.1 Å². The Kier molecular flexibility index (Phi) is 8.69. The second-order valence-corrected chi connectivity index (χ2v) is 16.3. The highest BCUT2D eigenvalue weighted by Gasteiger charge is 2.62. The number of hydrogen-bond donors (Lipinski definition) is 3. The van der Waals surface area contributed by atoms with E-state index in [9.17, 15) is 27.6 Å². The molecule has 2 saturated carbocycles. The quantitative estimate of drug-likeness (QED) is 0.193. The van der Waals surface area contributed by atoms with Gasteiger partial charge < -0.3 is 25.3 Å². The van der Waals surface area contributed by atoms with Crippen LogP contribution in [0.3, 0.4) is 0 Å². The van der Waals surface area contributed by atoms with Crippen LogP contribution in [0.1, 0.15) is 57.1 Å². The van der Waals surface area contributed by atoms with Crippen molar-refractivity contribution in [2.45, 2.75) is 74.9 Å². The molecule has 7 rings (SSSR count). The maximum atomic E-state index is 14.1. The first-order chi connectivity index (χ1) is 23.9. The molecule has 0 aromatic heterocycles. The summed E-state index contributed by atoms with van der Waals surface area (Å²) in [7, 11) is -3.87. The highest BCUT2D eigenvalue weighted by Crippen LogP contribution is 2.45. The van der Waals surface area contributed by atoms with Crippen molar-refractivity contribution in [3.05, 3.63) is 72.3 Å². The summed E-state index contributed by atoms with van der Waals surface area (Å²) in [5.74, 6) is -2.02. The maximum absolute atomic E-state index is 14.1. The predicted octanol–water partition coefficient (Wildman–Crippen LogP) is 2.51. The van der Waals surface area contributed by atoms with Gasteiger partial charge in [-0.3, -0.25) is 19.1 Å². The lowest BCUT2D eigenvalue weighted by Crippen LogP contribution is -2.58. The molecule has 0 radical (unpaired) electrons. The summed E-state index contributed by atoms with van der Waals surface area (Å²) in [6, 6.07) is 13.4. The van der Waals surface area contributed by atoms with Crippen LogP contribution in [-0.4, -0.2) is 96.3 Å². The molecule has 2 heterocycles. The third-order valence-electron chi connectivity index (χ3n) is 10.3. The van der Waals surface area contributed by atoms with Gasteiger partial charge in [-0.25, -0.2) is 13.2 Å². The van der Waals surface area contributed by atoms with Crippen molar-refractivity contribution >= 4 is 39.5 Å². The van der Waals surface area contributed by atoms with Gasteiger partial charge in [0.05, 0.1) is 18.3 Å². The first-order valence-electron chi connectivity index (χ1n) is 17.2. The topological polar surface area (TPSA) is 167 Å². The Morgan fingerprint density at radius 2 is 1.70 bits per heavy atom. The number of nitrogens with one attached hydrogen (secondary N) is 3. The standard InChI is InChI=1S/C36H42N6O7S/c1-4-22-18-36(22,34(45)40-50(47,48)24-13-14-24)38-32(43)30-17-23(19-42(30)33(44)29-20-41(35(46)37-29)16-15-21(2)3)49-39-31-27-11-7-5-9-25(27)26-10-6-8-12-28(26)31/h4-12,21-24,29-30H,1,13-20H2,2-3H3,(H,37,46)(H,38,43)(H,40,45)/t22-,23-,29+,30+,36-/m1/s1. The van der Waals surface area contributed by atoms with Crippen LogP contribution in [0.5, 0.6) is 0 Å². The molecular weight excluding hydrogens is 660 g/mol. The van der Waals surface area contributed by atoms with E-state index in [2.05, 4.69) is 40.9 Å². The van der Waals surface area contributed by atoms with E-state index >= 15 is 0 Å². The molecule has 14 heteroatoms. The monoisotopic (exact) mass is 702 g/mol. The summed E-state index contributed by atoms with van der Waals surface area (Å²) in [6.07, 6.45) is 2.78. The number of amides is 5. The molecule has 0 spiro atoms. The van der Waals surface area contributed by atoms with Crippen LogP contribution in [0.25, 0.3) is 11.1 Å². The largest absolute Gasteiger partial charge is 0.390 e. The first kappa shape index (κ1) is 33.8. The molecule has 50 heavy (non-hydrogen) atoms. The lowest BCUT2D eigenvalue weighted by molar-refractivity contribution is -0.140. The second-order valence-electron chi connectivity index (χ2n) is 14.3. The van der Waals surface area contributed by atoms with Gasteiger partial charge >= 0.3 is 6.03 Å². The number of rotatable bonds is 12. The Labute approximate surface area is 291 Å². The van der Waals surface area contributed by atoms with Gasteiger partial charge in [-0.1, -0.05) is 73.6 Å². The number of hydrogen-bond acceptors (Lipinski definition) is 8. The Morgan fingerprint density at radius 1 is 1.06 bits per heavy atom. The van der Waals surface area contributed by atoms with Gasteiger partial charge in [-0.15, -0.1) is 6.58 Å². The van der Waals surface area contributed by atoms with E-state index in [1.54, 1.807) is 4.90 Å². The molecule has 5 amide bonds. The molecule has 0 unspecified atom stereocenters. The van der Waals surface area contributed by atoms with Gasteiger partial charge in [0.25, 0.3) is 5.91 Å². The molecule has 4 fully saturated rings. The van der Waals surface area contributed by atoms with Crippen LogP contribution < -0.4 is 15.4 Å². The zero-order valence-corrected chi connectivity index (χ0v) is 28.9. The normalized spacial score (nSPS) is 26.6. The Morgan fingerprint density at radius 3 is 2.28 bits per heavy atom. The Bertz CT molecular complexity index is 1840. The minimum absolute atomic E-state index is 0.00943. The van der Waals surface area contributed by atoms with Gasteiger partial charge in [-0.2, -0.15) is 0 Å². The molecule has 3 aliphatic carbocycles. The number of oxime groups is 1. The van der Waals surface area contributed by atoms with Crippen molar-refractivity contribution < 1.29 is 32.4 Å². The molecule has 2 aliphatic heterocycles. The molecule has 0 bridgehead atoms. The van der Waals surface area contributed by atoms with Gasteiger partial charge in [0.2, 0.25) is 21.8 Å². The summed E-state index contributed by atoms with van der Waals surface area (Å²) in [5, 5.41) is 9.50. The van der Waals surface area contributed by atoms with Crippen LogP contribution in [0.2, 0.25) is 0 Å². The van der Waals surface area contributed by atoms with Crippen molar-refractivity contribution in [2.24, 2.45) is 17.0 Å². The molecule has 3 N–H and O–H groups in total. The van der Waals surface area contributed by atoms with E-state index in [4.69, 9.17) is 4.84 Å². The smallest absolute Gasteiger partial charge is 0.318 e. The van der Waals surface area contributed by atoms with E-state index in [0.29, 0.717) is 31.0 Å². The number of carbonyl (C=O) groups excluding carboxylic acids is 4. The van der Waals surface area contributed by atoms with Crippen LogP contribution >= 0.6 is 0 Å². The van der Waals surface area contributed by atoms with Crippen LogP contribution in [0.15, 0.2) is 66.3 Å². The number of nitrogens with zero attached hydrogens (tertiary/aromatic N) is 3. The molecule has 2 aromatic rings. The van der Waals surface area contributed by atoms with Gasteiger partial charge in [0.15, 0.2) is 0 Å².